The Morgan fingerprint density at radius 3 is 2.78 bits per heavy atom. The Labute approximate surface area is 132 Å². The van der Waals surface area contributed by atoms with Gasteiger partial charge in [-0.15, -0.1) is 0 Å². The largest absolute Gasteiger partial charge is 0.345 e. The number of aryl methyl sites for hydroxylation is 1. The van der Waals surface area contributed by atoms with Crippen molar-refractivity contribution in [3.63, 3.8) is 0 Å². The van der Waals surface area contributed by atoms with Crippen LogP contribution in [0.1, 0.15) is 5.82 Å². The van der Waals surface area contributed by atoms with Crippen LogP contribution in [0.5, 0.6) is 0 Å². The van der Waals surface area contributed by atoms with Gasteiger partial charge in [0.15, 0.2) is 15.5 Å². The second-order valence-corrected chi connectivity index (χ2v) is 7.51. The molecule has 0 fully saturated rings. The lowest BCUT2D eigenvalue weighted by Crippen LogP contribution is -1.97. The van der Waals surface area contributed by atoms with E-state index in [0.717, 1.165) is 33.8 Å². The summed E-state index contributed by atoms with van der Waals surface area (Å²) in [6.45, 7) is 1.92. The van der Waals surface area contributed by atoms with E-state index >= 15 is 0 Å². The van der Waals surface area contributed by atoms with Crippen molar-refractivity contribution in [1.82, 2.24) is 19.4 Å². The van der Waals surface area contributed by atoms with Crippen LogP contribution in [0.25, 0.3) is 27.9 Å². The first-order valence-corrected chi connectivity index (χ1v) is 8.96. The highest BCUT2D eigenvalue weighted by Crippen LogP contribution is 2.28. The van der Waals surface area contributed by atoms with Crippen LogP contribution in [0.4, 0.5) is 0 Å². The minimum absolute atomic E-state index is 0.282. The zero-order valence-electron chi connectivity index (χ0n) is 12.6. The number of aromatic amines is 1. The summed E-state index contributed by atoms with van der Waals surface area (Å²) in [5.41, 5.74) is 4.06. The van der Waals surface area contributed by atoms with Crippen molar-refractivity contribution in [2.24, 2.45) is 0 Å². The summed E-state index contributed by atoms with van der Waals surface area (Å²) in [6, 6.07) is 8.78. The average Bonchev–Trinajstić information content (AvgIpc) is 3.10. The fourth-order valence-corrected chi connectivity index (χ4v) is 3.49. The topological polar surface area (TPSA) is 80.1 Å². The highest BCUT2D eigenvalue weighted by atomic mass is 32.2. The smallest absolute Gasteiger partial charge is 0.175 e. The third kappa shape index (κ3) is 2.12. The van der Waals surface area contributed by atoms with Gasteiger partial charge in [-0.2, -0.15) is 0 Å². The summed E-state index contributed by atoms with van der Waals surface area (Å²) >= 11 is 0. The van der Waals surface area contributed by atoms with E-state index in [0.29, 0.717) is 0 Å². The van der Waals surface area contributed by atoms with Crippen LogP contribution in [-0.4, -0.2) is 34.0 Å². The molecule has 0 saturated carbocycles. The first-order valence-electron chi connectivity index (χ1n) is 7.07. The maximum Gasteiger partial charge on any atom is 0.175 e. The van der Waals surface area contributed by atoms with E-state index in [1.54, 1.807) is 24.4 Å². The molecule has 0 aliphatic carbocycles. The van der Waals surface area contributed by atoms with Crippen LogP contribution in [0.2, 0.25) is 0 Å². The van der Waals surface area contributed by atoms with Crippen LogP contribution in [0, 0.1) is 6.92 Å². The minimum atomic E-state index is -3.26. The fraction of sp³-hybridized carbons (Fsp3) is 0.125. The molecule has 4 aromatic rings. The lowest BCUT2D eigenvalue weighted by atomic mass is 10.1. The molecule has 3 heterocycles. The van der Waals surface area contributed by atoms with Gasteiger partial charge in [-0.3, -0.25) is 4.40 Å². The van der Waals surface area contributed by atoms with Gasteiger partial charge in [-0.1, -0.05) is 12.1 Å². The first-order chi connectivity index (χ1) is 10.9. The number of fused-ring (bicyclic) bond motifs is 3. The third-order valence-corrected chi connectivity index (χ3v) is 4.99. The van der Waals surface area contributed by atoms with Gasteiger partial charge >= 0.3 is 0 Å². The van der Waals surface area contributed by atoms with E-state index in [9.17, 15) is 8.42 Å². The molecule has 0 spiro atoms. The summed E-state index contributed by atoms with van der Waals surface area (Å²) < 4.78 is 25.6. The summed E-state index contributed by atoms with van der Waals surface area (Å²) in [7, 11) is -3.26. The van der Waals surface area contributed by atoms with Crippen molar-refractivity contribution in [2.75, 3.05) is 6.26 Å². The van der Waals surface area contributed by atoms with Crippen LogP contribution in [-0.2, 0) is 9.84 Å². The molecule has 6 nitrogen and oxygen atoms in total. The molecule has 0 radical (unpaired) electrons. The number of nitrogens with one attached hydrogen (secondary N) is 1. The predicted octanol–water partition coefficient (Wildman–Crippen LogP) is 2.59. The van der Waals surface area contributed by atoms with Crippen LogP contribution < -0.4 is 0 Å². The number of imidazole rings is 1. The Morgan fingerprint density at radius 2 is 2.00 bits per heavy atom. The number of nitrogens with zero attached hydrogens (tertiary/aromatic N) is 3. The SMILES string of the molecule is Cc1nc(-c2cccc(S(C)(=O)=O)c2)c2cnc3[nH]ccc3n12. The molecule has 0 aliphatic heterocycles. The quantitative estimate of drug-likeness (QED) is 0.614. The van der Waals surface area contributed by atoms with Gasteiger partial charge in [0.05, 0.1) is 27.8 Å². The highest BCUT2D eigenvalue weighted by molar-refractivity contribution is 7.90. The molecule has 1 aromatic carbocycles. The maximum atomic E-state index is 11.8. The lowest BCUT2D eigenvalue weighted by Gasteiger charge is -2.03. The molecule has 0 bridgehead atoms. The molecular formula is C16H14N4O2S. The third-order valence-electron chi connectivity index (χ3n) is 3.88. The van der Waals surface area contributed by atoms with E-state index in [1.165, 1.54) is 6.26 Å². The Balaban J connectivity index is 2.03. The summed E-state index contributed by atoms with van der Waals surface area (Å²) in [5.74, 6) is 0.826. The molecule has 0 atom stereocenters. The molecule has 7 heteroatoms. The van der Waals surface area contributed by atoms with Gasteiger partial charge in [-0.25, -0.2) is 18.4 Å². The molecular weight excluding hydrogens is 312 g/mol. The average molecular weight is 326 g/mol. The monoisotopic (exact) mass is 326 g/mol. The van der Waals surface area contributed by atoms with Gasteiger partial charge in [0, 0.05) is 18.0 Å². The number of sulfone groups is 1. The molecule has 0 aliphatic rings. The fourth-order valence-electron chi connectivity index (χ4n) is 2.82. The second kappa shape index (κ2) is 4.66. The Morgan fingerprint density at radius 1 is 1.17 bits per heavy atom. The molecule has 0 saturated heterocycles. The van der Waals surface area contributed by atoms with E-state index < -0.39 is 9.84 Å². The Kier molecular flexibility index (Phi) is 2.83. The summed E-state index contributed by atoms with van der Waals surface area (Å²) in [5, 5.41) is 0. The number of hydrogen-bond acceptors (Lipinski definition) is 4. The van der Waals surface area contributed by atoms with Crippen molar-refractivity contribution in [3.05, 3.63) is 48.5 Å². The van der Waals surface area contributed by atoms with Crippen molar-refractivity contribution in [2.45, 2.75) is 11.8 Å². The molecule has 3 aromatic heterocycles. The second-order valence-electron chi connectivity index (χ2n) is 5.50. The lowest BCUT2D eigenvalue weighted by molar-refractivity contribution is 0.602. The maximum absolute atomic E-state index is 11.8. The predicted molar refractivity (Wildman–Crippen MR) is 88.1 cm³/mol. The molecule has 0 unspecified atom stereocenters. The Hall–Kier alpha value is -2.67. The van der Waals surface area contributed by atoms with E-state index in [1.807, 2.05) is 29.7 Å². The number of aromatic nitrogens is 4. The normalized spacial score (nSPS) is 12.3. The minimum Gasteiger partial charge on any atom is -0.345 e. The van der Waals surface area contributed by atoms with Crippen molar-refractivity contribution in [3.8, 4) is 11.3 Å². The van der Waals surface area contributed by atoms with E-state index in [4.69, 9.17) is 0 Å². The van der Waals surface area contributed by atoms with Crippen LogP contribution >= 0.6 is 0 Å². The number of hydrogen-bond donors (Lipinski definition) is 1. The summed E-state index contributed by atoms with van der Waals surface area (Å²) in [4.78, 5) is 12.4. The van der Waals surface area contributed by atoms with E-state index in [2.05, 4.69) is 15.0 Å². The summed E-state index contributed by atoms with van der Waals surface area (Å²) in [6.07, 6.45) is 4.79. The highest BCUT2D eigenvalue weighted by Gasteiger charge is 2.15. The van der Waals surface area contributed by atoms with Gasteiger partial charge in [-0.05, 0) is 25.1 Å². The van der Waals surface area contributed by atoms with Crippen LogP contribution in [0.3, 0.4) is 0 Å². The molecule has 4 rings (SSSR count). The van der Waals surface area contributed by atoms with Gasteiger partial charge in [0.2, 0.25) is 0 Å². The van der Waals surface area contributed by atoms with Gasteiger partial charge < -0.3 is 4.98 Å². The number of benzene rings is 1. The van der Waals surface area contributed by atoms with Crippen LogP contribution in [0.15, 0.2) is 47.6 Å². The van der Waals surface area contributed by atoms with Gasteiger partial charge in [0.1, 0.15) is 5.82 Å². The van der Waals surface area contributed by atoms with Crippen molar-refractivity contribution in [1.29, 1.82) is 0 Å². The van der Waals surface area contributed by atoms with Crippen molar-refractivity contribution >= 4 is 26.5 Å². The molecule has 23 heavy (non-hydrogen) atoms. The standard InChI is InChI=1S/C16H14N4O2S/c1-10-19-15(11-4-3-5-12(8-11)23(2,21)22)14-9-18-16-13(20(10)14)6-7-17-16/h3-9,17H,1-2H3. The molecule has 116 valence electrons. The van der Waals surface area contributed by atoms with Crippen molar-refractivity contribution < 1.29 is 8.42 Å². The Bertz CT molecular complexity index is 1160. The zero-order chi connectivity index (χ0) is 16.2. The van der Waals surface area contributed by atoms with E-state index in [-0.39, 0.29) is 4.90 Å². The van der Waals surface area contributed by atoms with Gasteiger partial charge in [0.25, 0.3) is 0 Å². The first kappa shape index (κ1) is 14.0. The molecule has 0 amide bonds. The molecule has 1 N–H and O–H groups in total. The zero-order valence-corrected chi connectivity index (χ0v) is 13.4. The number of H-pyrrole nitrogens is 1. The number of rotatable bonds is 2.